The molecule has 3 aromatic rings. The second-order valence-corrected chi connectivity index (χ2v) is 6.74. The monoisotopic (exact) mass is 352 g/mol. The van der Waals surface area contributed by atoms with Gasteiger partial charge in [-0.15, -0.1) is 5.10 Å². The first kappa shape index (κ1) is 18.4. The van der Waals surface area contributed by atoms with E-state index in [2.05, 4.69) is 60.2 Å². The first-order chi connectivity index (χ1) is 12.7. The van der Waals surface area contributed by atoms with Gasteiger partial charge in [0.2, 0.25) is 0 Å². The van der Waals surface area contributed by atoms with Crippen molar-refractivity contribution < 1.29 is 4.74 Å². The Kier molecular flexibility index (Phi) is 5.89. The third-order valence-corrected chi connectivity index (χ3v) is 4.90. The molecule has 0 spiro atoms. The lowest BCUT2D eigenvalue weighted by atomic mass is 10.0. The van der Waals surface area contributed by atoms with E-state index in [-0.39, 0.29) is 6.04 Å². The summed E-state index contributed by atoms with van der Waals surface area (Å²) in [6.45, 7) is 8.94. The molecule has 1 aromatic heterocycles. The number of para-hydroxylation sites is 2. The first-order valence-electron chi connectivity index (χ1n) is 9.28. The number of hydrogen-bond acceptors (Lipinski definition) is 4. The smallest absolute Gasteiger partial charge is 0.113 e. The Morgan fingerprint density at radius 3 is 2.73 bits per heavy atom. The van der Waals surface area contributed by atoms with Crippen LogP contribution in [-0.2, 0) is 17.7 Å². The molecule has 1 atom stereocenters. The van der Waals surface area contributed by atoms with Crippen molar-refractivity contribution in [3.05, 3.63) is 53.6 Å². The van der Waals surface area contributed by atoms with E-state index in [9.17, 15) is 0 Å². The molecule has 0 bridgehead atoms. The van der Waals surface area contributed by atoms with Gasteiger partial charge in [-0.2, -0.15) is 0 Å². The highest BCUT2D eigenvalue weighted by atomic mass is 16.5. The third kappa shape index (κ3) is 3.73. The number of nitrogens with zero attached hydrogens (tertiary/aromatic N) is 4. The number of rotatable bonds is 8. The van der Waals surface area contributed by atoms with E-state index in [1.165, 1.54) is 16.8 Å². The van der Waals surface area contributed by atoms with Gasteiger partial charge in [0.15, 0.2) is 0 Å². The van der Waals surface area contributed by atoms with Gasteiger partial charge in [0.25, 0.3) is 0 Å². The minimum atomic E-state index is 0.279. The molecule has 0 radical (unpaired) electrons. The summed E-state index contributed by atoms with van der Waals surface area (Å²) in [4.78, 5) is 2.45. The molecule has 0 aliphatic rings. The maximum absolute atomic E-state index is 5.45. The molecular weight excluding hydrogens is 324 g/mol. The average Bonchev–Trinajstić information content (AvgIpc) is 3.06. The average molecular weight is 352 g/mol. The Labute approximate surface area is 155 Å². The van der Waals surface area contributed by atoms with Gasteiger partial charge < -0.3 is 9.64 Å². The molecule has 0 aliphatic heterocycles. The molecule has 5 nitrogen and oxygen atoms in total. The van der Waals surface area contributed by atoms with Gasteiger partial charge in [-0.05, 0) is 43.5 Å². The molecule has 0 saturated carbocycles. The molecule has 0 fully saturated rings. The SMILES string of the molecule is CCc1cccc(C)c1N(CCn1nnc2ccccc21)[C@@H](C)COC. The Balaban J connectivity index is 1.90. The molecular formula is C21H28N4O. The second kappa shape index (κ2) is 8.32. The summed E-state index contributed by atoms with van der Waals surface area (Å²) in [5, 5.41) is 8.61. The lowest BCUT2D eigenvalue weighted by Crippen LogP contribution is -2.39. The molecule has 138 valence electrons. The molecule has 5 heteroatoms. The van der Waals surface area contributed by atoms with Crippen molar-refractivity contribution >= 4 is 16.7 Å². The van der Waals surface area contributed by atoms with Crippen molar-refractivity contribution in [2.24, 2.45) is 0 Å². The number of ether oxygens (including phenoxy) is 1. The number of hydrogen-bond donors (Lipinski definition) is 0. The van der Waals surface area contributed by atoms with Crippen LogP contribution in [-0.4, -0.2) is 41.3 Å². The Hall–Kier alpha value is -2.40. The van der Waals surface area contributed by atoms with Crippen molar-refractivity contribution in [2.45, 2.75) is 39.8 Å². The van der Waals surface area contributed by atoms with Gasteiger partial charge in [0, 0.05) is 25.4 Å². The molecule has 0 amide bonds. The van der Waals surface area contributed by atoms with Gasteiger partial charge in [0.1, 0.15) is 5.52 Å². The van der Waals surface area contributed by atoms with Crippen LogP contribution in [0.3, 0.4) is 0 Å². The van der Waals surface area contributed by atoms with Crippen molar-refractivity contribution in [1.29, 1.82) is 0 Å². The minimum absolute atomic E-state index is 0.279. The lowest BCUT2D eigenvalue weighted by molar-refractivity contribution is 0.181. The van der Waals surface area contributed by atoms with E-state index >= 15 is 0 Å². The summed E-state index contributed by atoms with van der Waals surface area (Å²) in [6.07, 6.45) is 1.01. The number of aryl methyl sites for hydroxylation is 2. The van der Waals surface area contributed by atoms with Crippen LogP contribution in [0, 0.1) is 6.92 Å². The molecule has 2 aromatic carbocycles. The first-order valence-corrected chi connectivity index (χ1v) is 9.28. The van der Waals surface area contributed by atoms with Gasteiger partial charge in [-0.3, -0.25) is 0 Å². The summed E-state index contributed by atoms with van der Waals surface area (Å²) in [5.74, 6) is 0. The molecule has 0 unspecified atom stereocenters. The van der Waals surface area contributed by atoms with Crippen LogP contribution in [0.5, 0.6) is 0 Å². The number of benzene rings is 2. The molecule has 0 aliphatic carbocycles. The van der Waals surface area contributed by atoms with Gasteiger partial charge >= 0.3 is 0 Å². The molecule has 0 saturated heterocycles. The van der Waals surface area contributed by atoms with E-state index < -0.39 is 0 Å². The summed E-state index contributed by atoms with van der Waals surface area (Å²) < 4.78 is 7.44. The highest BCUT2D eigenvalue weighted by Crippen LogP contribution is 2.28. The summed E-state index contributed by atoms with van der Waals surface area (Å²) in [7, 11) is 1.76. The van der Waals surface area contributed by atoms with Crippen LogP contribution in [0.2, 0.25) is 0 Å². The topological polar surface area (TPSA) is 43.2 Å². The fraction of sp³-hybridized carbons (Fsp3) is 0.429. The number of anilines is 1. The fourth-order valence-corrected chi connectivity index (χ4v) is 3.58. The van der Waals surface area contributed by atoms with Crippen LogP contribution in [0.4, 0.5) is 5.69 Å². The quantitative estimate of drug-likeness (QED) is 0.618. The zero-order valence-corrected chi connectivity index (χ0v) is 16.1. The van der Waals surface area contributed by atoms with Crippen molar-refractivity contribution in [2.75, 3.05) is 25.2 Å². The summed E-state index contributed by atoms with van der Waals surface area (Å²) >= 11 is 0. The molecule has 1 heterocycles. The number of methoxy groups -OCH3 is 1. The van der Waals surface area contributed by atoms with Crippen molar-refractivity contribution in [3.63, 3.8) is 0 Å². The van der Waals surface area contributed by atoms with E-state index in [0.717, 1.165) is 30.5 Å². The lowest BCUT2D eigenvalue weighted by Gasteiger charge is -2.34. The predicted molar refractivity (Wildman–Crippen MR) is 107 cm³/mol. The van der Waals surface area contributed by atoms with Gasteiger partial charge in [-0.25, -0.2) is 4.68 Å². The zero-order valence-electron chi connectivity index (χ0n) is 16.1. The van der Waals surface area contributed by atoms with Crippen LogP contribution in [0.15, 0.2) is 42.5 Å². The highest BCUT2D eigenvalue weighted by Gasteiger charge is 2.19. The number of aromatic nitrogens is 3. The predicted octanol–water partition coefficient (Wildman–Crippen LogP) is 3.84. The normalized spacial score (nSPS) is 12.5. The highest BCUT2D eigenvalue weighted by molar-refractivity contribution is 5.73. The summed E-state index contributed by atoms with van der Waals surface area (Å²) in [6, 6.07) is 14.9. The molecule has 0 N–H and O–H groups in total. The zero-order chi connectivity index (χ0) is 18.5. The fourth-order valence-electron chi connectivity index (χ4n) is 3.58. The Bertz CT molecular complexity index is 858. The molecule has 26 heavy (non-hydrogen) atoms. The van der Waals surface area contributed by atoms with Crippen LogP contribution >= 0.6 is 0 Å². The van der Waals surface area contributed by atoms with E-state index in [4.69, 9.17) is 4.74 Å². The standard InChI is InChI=1S/C21H28N4O/c1-5-18-10-8-9-16(2)21(18)24(17(3)15-26-4)13-14-25-20-12-7-6-11-19(20)22-23-25/h6-12,17H,5,13-15H2,1-4H3/t17-/m0/s1. The maximum atomic E-state index is 5.45. The largest absolute Gasteiger partial charge is 0.383 e. The van der Waals surface area contributed by atoms with Gasteiger partial charge in [0.05, 0.1) is 18.7 Å². The molecule has 3 rings (SSSR count). The third-order valence-electron chi connectivity index (χ3n) is 4.90. The maximum Gasteiger partial charge on any atom is 0.113 e. The van der Waals surface area contributed by atoms with E-state index in [0.29, 0.717) is 6.61 Å². The summed E-state index contributed by atoms with van der Waals surface area (Å²) in [5.41, 5.74) is 6.01. The number of fused-ring (bicyclic) bond motifs is 1. The van der Waals surface area contributed by atoms with Gasteiger partial charge in [-0.1, -0.05) is 42.5 Å². The van der Waals surface area contributed by atoms with E-state index in [1.807, 2.05) is 22.9 Å². The van der Waals surface area contributed by atoms with Crippen LogP contribution in [0.1, 0.15) is 25.0 Å². The van der Waals surface area contributed by atoms with Crippen LogP contribution in [0.25, 0.3) is 11.0 Å². The van der Waals surface area contributed by atoms with E-state index in [1.54, 1.807) is 7.11 Å². The van der Waals surface area contributed by atoms with Crippen molar-refractivity contribution in [3.8, 4) is 0 Å². The second-order valence-electron chi connectivity index (χ2n) is 6.74. The van der Waals surface area contributed by atoms with Crippen LogP contribution < -0.4 is 4.90 Å². The van der Waals surface area contributed by atoms with Crippen molar-refractivity contribution in [1.82, 2.24) is 15.0 Å². The Morgan fingerprint density at radius 2 is 1.96 bits per heavy atom. The minimum Gasteiger partial charge on any atom is -0.383 e. The Morgan fingerprint density at radius 1 is 1.15 bits per heavy atom.